The van der Waals surface area contributed by atoms with Crippen molar-refractivity contribution < 1.29 is 0 Å². The molecule has 4 nitrogen and oxygen atoms in total. The van der Waals surface area contributed by atoms with Crippen LogP contribution in [0.4, 0.5) is 5.13 Å². The fourth-order valence-corrected chi connectivity index (χ4v) is 2.21. The standard InChI is InChI=1S/C13H18N4S/c1-8(2)6-15-13-16-12(17-18-13)11-10(4)5-9(3)7-14-11/h5,7-8H,6H2,1-4H3,(H,15,16,17). The SMILES string of the molecule is Cc1cnc(-c2nsc(NCC(C)C)n2)c(C)c1. The van der Waals surface area contributed by atoms with Crippen molar-refractivity contribution in [3.8, 4) is 11.5 Å². The fraction of sp³-hybridized carbons (Fsp3) is 0.462. The van der Waals surface area contributed by atoms with E-state index in [2.05, 4.69) is 39.6 Å². The zero-order valence-corrected chi connectivity index (χ0v) is 12.0. The van der Waals surface area contributed by atoms with Crippen LogP contribution in [0.2, 0.25) is 0 Å². The number of pyridine rings is 1. The van der Waals surface area contributed by atoms with Gasteiger partial charge in [0.2, 0.25) is 5.13 Å². The summed E-state index contributed by atoms with van der Waals surface area (Å²) in [6.45, 7) is 9.32. The maximum atomic E-state index is 4.48. The minimum Gasteiger partial charge on any atom is -0.360 e. The Kier molecular flexibility index (Phi) is 3.91. The zero-order chi connectivity index (χ0) is 13.1. The third kappa shape index (κ3) is 3.04. The molecule has 5 heteroatoms. The van der Waals surface area contributed by atoms with E-state index in [1.165, 1.54) is 11.5 Å². The Labute approximate surface area is 112 Å². The van der Waals surface area contributed by atoms with Gasteiger partial charge >= 0.3 is 0 Å². The van der Waals surface area contributed by atoms with E-state index in [1.807, 2.05) is 20.0 Å². The minimum absolute atomic E-state index is 0.594. The molecule has 0 aliphatic heterocycles. The van der Waals surface area contributed by atoms with E-state index < -0.39 is 0 Å². The molecule has 2 aromatic rings. The Morgan fingerprint density at radius 2 is 2.11 bits per heavy atom. The Balaban J connectivity index is 2.18. The van der Waals surface area contributed by atoms with Gasteiger partial charge in [0.1, 0.15) is 5.69 Å². The van der Waals surface area contributed by atoms with Crippen LogP contribution >= 0.6 is 11.5 Å². The number of rotatable bonds is 4. The highest BCUT2D eigenvalue weighted by Crippen LogP contribution is 2.22. The molecule has 0 aromatic carbocycles. The van der Waals surface area contributed by atoms with E-state index in [9.17, 15) is 0 Å². The highest BCUT2D eigenvalue weighted by molar-refractivity contribution is 7.09. The molecule has 0 unspecified atom stereocenters. The summed E-state index contributed by atoms with van der Waals surface area (Å²) in [5.74, 6) is 1.31. The summed E-state index contributed by atoms with van der Waals surface area (Å²) in [7, 11) is 0. The predicted octanol–water partition coefficient (Wildman–Crippen LogP) is 3.28. The van der Waals surface area contributed by atoms with Crippen LogP contribution in [0, 0.1) is 19.8 Å². The Bertz CT molecular complexity index is 534. The zero-order valence-electron chi connectivity index (χ0n) is 11.2. The van der Waals surface area contributed by atoms with Crippen molar-refractivity contribution in [1.82, 2.24) is 14.3 Å². The van der Waals surface area contributed by atoms with E-state index in [0.29, 0.717) is 11.7 Å². The molecule has 1 N–H and O–H groups in total. The smallest absolute Gasteiger partial charge is 0.202 e. The lowest BCUT2D eigenvalue weighted by Gasteiger charge is -2.04. The highest BCUT2D eigenvalue weighted by atomic mass is 32.1. The third-order valence-electron chi connectivity index (χ3n) is 2.51. The number of nitrogens with one attached hydrogen (secondary N) is 1. The molecular formula is C13H18N4S. The van der Waals surface area contributed by atoms with Gasteiger partial charge in [0, 0.05) is 24.3 Å². The number of anilines is 1. The highest BCUT2D eigenvalue weighted by Gasteiger charge is 2.10. The summed E-state index contributed by atoms with van der Waals surface area (Å²) in [6, 6.07) is 2.10. The summed E-state index contributed by atoms with van der Waals surface area (Å²) >= 11 is 1.39. The monoisotopic (exact) mass is 262 g/mol. The average Bonchev–Trinajstić information content (AvgIpc) is 2.75. The van der Waals surface area contributed by atoms with Gasteiger partial charge < -0.3 is 5.32 Å². The van der Waals surface area contributed by atoms with Crippen molar-refractivity contribution in [2.75, 3.05) is 11.9 Å². The van der Waals surface area contributed by atoms with Gasteiger partial charge in [0.05, 0.1) is 0 Å². The van der Waals surface area contributed by atoms with Crippen LogP contribution in [-0.4, -0.2) is 20.9 Å². The van der Waals surface area contributed by atoms with Gasteiger partial charge in [-0.05, 0) is 30.9 Å². The van der Waals surface area contributed by atoms with E-state index in [1.54, 1.807) is 0 Å². The summed E-state index contributed by atoms with van der Waals surface area (Å²) in [5, 5.41) is 4.14. The lowest BCUT2D eigenvalue weighted by Crippen LogP contribution is -2.07. The second-order valence-electron chi connectivity index (χ2n) is 4.88. The van der Waals surface area contributed by atoms with Crippen LogP contribution in [0.1, 0.15) is 25.0 Å². The molecule has 96 valence electrons. The van der Waals surface area contributed by atoms with Crippen molar-refractivity contribution in [3.63, 3.8) is 0 Å². The molecule has 0 bridgehead atoms. The van der Waals surface area contributed by atoms with Gasteiger partial charge in [-0.2, -0.15) is 9.36 Å². The number of nitrogens with zero attached hydrogens (tertiary/aromatic N) is 3. The Hall–Kier alpha value is -1.49. The van der Waals surface area contributed by atoms with Crippen LogP contribution in [0.15, 0.2) is 12.3 Å². The predicted molar refractivity (Wildman–Crippen MR) is 75.9 cm³/mol. The molecule has 0 saturated heterocycles. The number of hydrogen-bond donors (Lipinski definition) is 1. The van der Waals surface area contributed by atoms with Crippen molar-refractivity contribution in [3.05, 3.63) is 23.4 Å². The van der Waals surface area contributed by atoms with Crippen LogP contribution in [0.25, 0.3) is 11.5 Å². The third-order valence-corrected chi connectivity index (χ3v) is 3.19. The van der Waals surface area contributed by atoms with Gasteiger partial charge in [-0.25, -0.2) is 0 Å². The molecule has 0 atom stereocenters. The first-order valence-corrected chi connectivity index (χ1v) is 6.85. The molecule has 0 spiro atoms. The molecule has 0 aliphatic carbocycles. The second-order valence-corrected chi connectivity index (χ2v) is 5.63. The van der Waals surface area contributed by atoms with Crippen LogP contribution in [0.3, 0.4) is 0 Å². The number of hydrogen-bond acceptors (Lipinski definition) is 5. The van der Waals surface area contributed by atoms with Crippen molar-refractivity contribution in [1.29, 1.82) is 0 Å². The van der Waals surface area contributed by atoms with Crippen molar-refractivity contribution >= 4 is 16.7 Å². The molecular weight excluding hydrogens is 244 g/mol. The Morgan fingerprint density at radius 3 is 2.78 bits per heavy atom. The maximum absolute atomic E-state index is 4.48. The number of aromatic nitrogens is 3. The first-order chi connectivity index (χ1) is 8.56. The molecule has 18 heavy (non-hydrogen) atoms. The minimum atomic E-state index is 0.594. The van der Waals surface area contributed by atoms with Crippen LogP contribution in [-0.2, 0) is 0 Å². The van der Waals surface area contributed by atoms with Crippen molar-refractivity contribution in [2.45, 2.75) is 27.7 Å². The molecule has 0 amide bonds. The van der Waals surface area contributed by atoms with Gasteiger partial charge in [-0.3, -0.25) is 4.98 Å². The van der Waals surface area contributed by atoms with Crippen LogP contribution < -0.4 is 5.32 Å². The van der Waals surface area contributed by atoms with E-state index >= 15 is 0 Å². The van der Waals surface area contributed by atoms with Crippen LogP contribution in [0.5, 0.6) is 0 Å². The Morgan fingerprint density at radius 1 is 1.33 bits per heavy atom. The van der Waals surface area contributed by atoms with Crippen molar-refractivity contribution in [2.24, 2.45) is 5.92 Å². The normalized spacial score (nSPS) is 10.9. The maximum Gasteiger partial charge on any atom is 0.202 e. The van der Waals surface area contributed by atoms with Gasteiger partial charge in [0.15, 0.2) is 5.82 Å². The molecule has 0 fully saturated rings. The fourth-order valence-electron chi connectivity index (χ4n) is 1.63. The van der Waals surface area contributed by atoms with E-state index in [-0.39, 0.29) is 0 Å². The average molecular weight is 262 g/mol. The molecule has 0 radical (unpaired) electrons. The second kappa shape index (κ2) is 5.44. The summed E-state index contributed by atoms with van der Waals surface area (Å²) in [6.07, 6.45) is 1.85. The largest absolute Gasteiger partial charge is 0.360 e. The van der Waals surface area contributed by atoms with Gasteiger partial charge in [-0.1, -0.05) is 19.9 Å². The topological polar surface area (TPSA) is 50.7 Å². The van der Waals surface area contributed by atoms with Gasteiger partial charge in [0.25, 0.3) is 0 Å². The first-order valence-electron chi connectivity index (χ1n) is 6.07. The molecule has 0 saturated carbocycles. The molecule has 2 aromatic heterocycles. The quantitative estimate of drug-likeness (QED) is 0.918. The summed E-state index contributed by atoms with van der Waals surface area (Å²) in [4.78, 5) is 8.89. The summed E-state index contributed by atoms with van der Waals surface area (Å²) in [5.41, 5.74) is 3.14. The lowest BCUT2D eigenvalue weighted by atomic mass is 10.1. The molecule has 2 rings (SSSR count). The van der Waals surface area contributed by atoms with Gasteiger partial charge in [-0.15, -0.1) is 0 Å². The lowest BCUT2D eigenvalue weighted by molar-refractivity contribution is 0.688. The van der Waals surface area contributed by atoms with E-state index in [4.69, 9.17) is 0 Å². The number of aryl methyl sites for hydroxylation is 2. The first kappa shape index (κ1) is 13.0. The molecule has 2 heterocycles. The molecule has 0 aliphatic rings. The summed E-state index contributed by atoms with van der Waals surface area (Å²) < 4.78 is 4.36. The van der Waals surface area contributed by atoms with E-state index in [0.717, 1.165) is 28.5 Å².